The molecule has 2 heterocycles. The summed E-state index contributed by atoms with van der Waals surface area (Å²) in [5.41, 5.74) is 1.57. The van der Waals surface area contributed by atoms with Crippen LogP contribution in [-0.4, -0.2) is 35.2 Å². The number of hydrogen-bond donors (Lipinski definition) is 2. The fourth-order valence-electron chi connectivity index (χ4n) is 2.24. The Kier molecular flexibility index (Phi) is 3.79. The zero-order chi connectivity index (χ0) is 20.3. The Morgan fingerprint density at radius 3 is 2.96 bits per heavy atom. The van der Waals surface area contributed by atoms with E-state index in [1.165, 1.54) is 25.8 Å². The van der Waals surface area contributed by atoms with Gasteiger partial charge in [0.2, 0.25) is 0 Å². The topological polar surface area (TPSA) is 102 Å². The van der Waals surface area contributed by atoms with Crippen molar-refractivity contribution in [3.63, 3.8) is 0 Å². The number of halogens is 1. The van der Waals surface area contributed by atoms with Crippen LogP contribution >= 0.6 is 11.6 Å². The van der Waals surface area contributed by atoms with Crippen LogP contribution in [-0.2, 0) is 0 Å². The summed E-state index contributed by atoms with van der Waals surface area (Å²) in [5, 5.41) is 12.2. The smallest absolute Gasteiger partial charge is 0.273 e. The molecule has 0 fully saturated rings. The SMILES string of the molecule is [2H]C([2H])([2H])NC(=O)c1nnc(Cl)cc1Nc1cccc(-c2cocn2)c1OC. The first kappa shape index (κ1) is 13.2. The van der Waals surface area contributed by atoms with Crippen molar-refractivity contribution in [2.24, 2.45) is 0 Å². The van der Waals surface area contributed by atoms with Gasteiger partial charge in [-0.3, -0.25) is 4.79 Å². The van der Waals surface area contributed by atoms with Crippen molar-refractivity contribution in [3.8, 4) is 17.0 Å². The number of rotatable bonds is 5. The Labute approximate surface area is 152 Å². The van der Waals surface area contributed by atoms with E-state index in [0.29, 0.717) is 22.7 Å². The van der Waals surface area contributed by atoms with Gasteiger partial charge in [0.1, 0.15) is 12.0 Å². The van der Waals surface area contributed by atoms with Crippen LogP contribution in [0.1, 0.15) is 14.6 Å². The highest BCUT2D eigenvalue weighted by Gasteiger charge is 2.18. The molecule has 0 atom stereocenters. The first-order valence-corrected chi connectivity index (χ1v) is 7.34. The van der Waals surface area contributed by atoms with Gasteiger partial charge in [0.15, 0.2) is 23.0 Å². The highest BCUT2D eigenvalue weighted by molar-refractivity contribution is 6.29. The zero-order valence-electron chi connectivity index (χ0n) is 15.9. The maximum absolute atomic E-state index is 12.3. The molecule has 0 aliphatic carbocycles. The Morgan fingerprint density at radius 1 is 1.36 bits per heavy atom. The van der Waals surface area contributed by atoms with Gasteiger partial charge < -0.3 is 19.8 Å². The minimum Gasteiger partial charge on any atom is -0.494 e. The molecule has 0 aliphatic heterocycles. The summed E-state index contributed by atoms with van der Waals surface area (Å²) in [6.45, 7) is -2.68. The van der Waals surface area contributed by atoms with Crippen molar-refractivity contribution in [3.05, 3.63) is 47.8 Å². The maximum Gasteiger partial charge on any atom is 0.273 e. The van der Waals surface area contributed by atoms with Crippen molar-refractivity contribution in [2.75, 3.05) is 19.4 Å². The van der Waals surface area contributed by atoms with Gasteiger partial charge in [-0.15, -0.1) is 10.2 Å². The van der Waals surface area contributed by atoms with E-state index in [4.69, 9.17) is 24.9 Å². The molecule has 9 heteroatoms. The highest BCUT2D eigenvalue weighted by atomic mass is 35.5. The fraction of sp³-hybridized carbons (Fsp3) is 0.125. The predicted molar refractivity (Wildman–Crippen MR) is 92.2 cm³/mol. The van der Waals surface area contributed by atoms with E-state index in [1.807, 2.05) is 5.32 Å². The number of oxazole rings is 1. The second-order valence-electron chi connectivity index (χ2n) is 4.77. The summed E-state index contributed by atoms with van der Waals surface area (Å²) < 4.78 is 32.1. The summed E-state index contributed by atoms with van der Waals surface area (Å²) >= 11 is 5.90. The van der Waals surface area contributed by atoms with Crippen LogP contribution in [0.2, 0.25) is 5.15 Å². The monoisotopic (exact) mass is 362 g/mol. The molecule has 2 aromatic heterocycles. The number of para-hydroxylation sites is 1. The number of benzene rings is 1. The average Bonchev–Trinajstić information content (AvgIpc) is 3.14. The van der Waals surface area contributed by atoms with Crippen LogP contribution in [0.5, 0.6) is 5.75 Å². The van der Waals surface area contributed by atoms with Gasteiger partial charge in [0, 0.05) is 22.7 Å². The first-order chi connectivity index (χ1) is 13.3. The van der Waals surface area contributed by atoms with Crippen molar-refractivity contribution < 1.29 is 18.1 Å². The van der Waals surface area contributed by atoms with Gasteiger partial charge in [0.05, 0.1) is 18.5 Å². The third-order valence-electron chi connectivity index (χ3n) is 3.29. The molecule has 3 aromatic rings. The van der Waals surface area contributed by atoms with E-state index in [2.05, 4.69) is 20.5 Å². The summed E-state index contributed by atoms with van der Waals surface area (Å²) in [6.07, 6.45) is 2.75. The molecular formula is C16H14ClN5O3. The normalized spacial score (nSPS) is 12.6. The van der Waals surface area contributed by atoms with Gasteiger partial charge in [-0.2, -0.15) is 0 Å². The number of carbonyl (C=O) groups excluding carboxylic acids is 1. The van der Waals surface area contributed by atoms with Crippen molar-refractivity contribution in [2.45, 2.75) is 0 Å². The number of carbonyl (C=O) groups is 1. The van der Waals surface area contributed by atoms with Crippen LogP contribution in [0.3, 0.4) is 0 Å². The molecule has 25 heavy (non-hydrogen) atoms. The minimum atomic E-state index is -2.68. The number of methoxy groups -OCH3 is 1. The number of ether oxygens (including phenoxy) is 1. The summed E-state index contributed by atoms with van der Waals surface area (Å²) in [6, 6.07) is 6.57. The molecule has 8 nitrogen and oxygen atoms in total. The van der Waals surface area contributed by atoms with Crippen LogP contribution in [0.25, 0.3) is 11.3 Å². The van der Waals surface area contributed by atoms with Crippen molar-refractivity contribution in [1.29, 1.82) is 0 Å². The second-order valence-corrected chi connectivity index (χ2v) is 5.16. The Balaban J connectivity index is 2.01. The fourth-order valence-corrected chi connectivity index (χ4v) is 2.38. The third-order valence-corrected chi connectivity index (χ3v) is 3.47. The van der Waals surface area contributed by atoms with E-state index in [-0.39, 0.29) is 16.5 Å². The maximum atomic E-state index is 12.3. The molecule has 1 aromatic carbocycles. The van der Waals surface area contributed by atoms with E-state index in [9.17, 15) is 4.79 Å². The number of anilines is 2. The molecule has 0 spiro atoms. The Morgan fingerprint density at radius 2 is 2.24 bits per heavy atom. The summed E-state index contributed by atoms with van der Waals surface area (Å²) in [5.74, 6) is -0.509. The lowest BCUT2D eigenvalue weighted by Crippen LogP contribution is -2.21. The molecule has 0 aliphatic rings. The Hall–Kier alpha value is -3.13. The molecule has 0 bridgehead atoms. The van der Waals surface area contributed by atoms with E-state index in [1.54, 1.807) is 18.2 Å². The minimum absolute atomic E-state index is 0.0135. The first-order valence-electron chi connectivity index (χ1n) is 8.47. The molecule has 3 rings (SSSR count). The molecule has 2 N–H and O–H groups in total. The molecule has 0 radical (unpaired) electrons. The van der Waals surface area contributed by atoms with E-state index < -0.39 is 12.9 Å². The summed E-state index contributed by atoms with van der Waals surface area (Å²) in [4.78, 5) is 16.4. The zero-order valence-corrected chi connectivity index (χ0v) is 13.7. The van der Waals surface area contributed by atoms with Gasteiger partial charge >= 0.3 is 0 Å². The number of nitrogens with one attached hydrogen (secondary N) is 2. The second kappa shape index (κ2) is 7.18. The van der Waals surface area contributed by atoms with Crippen LogP contribution in [0.4, 0.5) is 11.4 Å². The van der Waals surface area contributed by atoms with Crippen molar-refractivity contribution in [1.82, 2.24) is 20.5 Å². The standard InChI is InChI=1S/C16H14ClN5O3/c1-18-16(23)14-11(6-13(17)21-22-14)20-10-5-3-4-9(15(10)24-2)12-7-25-8-19-12/h3-8H,1-2H3,(H,18,23)(H,20,21)/i1D3. The van der Waals surface area contributed by atoms with Gasteiger partial charge in [0.25, 0.3) is 5.91 Å². The predicted octanol–water partition coefficient (Wildman–Crippen LogP) is 2.90. The lowest BCUT2D eigenvalue weighted by Gasteiger charge is -2.15. The van der Waals surface area contributed by atoms with Crippen molar-refractivity contribution >= 4 is 28.9 Å². The molecule has 1 amide bonds. The number of nitrogens with zero attached hydrogens (tertiary/aromatic N) is 3. The number of aromatic nitrogens is 3. The van der Waals surface area contributed by atoms with Crippen LogP contribution in [0, 0.1) is 0 Å². The van der Waals surface area contributed by atoms with Gasteiger partial charge in [-0.1, -0.05) is 17.7 Å². The summed E-state index contributed by atoms with van der Waals surface area (Å²) in [7, 11) is 1.48. The molecular weight excluding hydrogens is 346 g/mol. The molecule has 128 valence electrons. The lowest BCUT2D eigenvalue weighted by atomic mass is 10.1. The molecule has 0 saturated heterocycles. The quantitative estimate of drug-likeness (QED) is 0.719. The third kappa shape index (κ3) is 3.38. The van der Waals surface area contributed by atoms with Crippen LogP contribution < -0.4 is 15.4 Å². The number of amides is 1. The Bertz CT molecular complexity index is 996. The largest absolute Gasteiger partial charge is 0.494 e. The highest BCUT2D eigenvalue weighted by Crippen LogP contribution is 2.37. The average molecular weight is 363 g/mol. The van der Waals surface area contributed by atoms with E-state index in [0.717, 1.165) is 0 Å². The van der Waals surface area contributed by atoms with Crippen LogP contribution in [0.15, 0.2) is 41.3 Å². The number of hydrogen-bond acceptors (Lipinski definition) is 7. The van der Waals surface area contributed by atoms with Gasteiger partial charge in [-0.25, -0.2) is 4.98 Å². The van der Waals surface area contributed by atoms with Gasteiger partial charge in [-0.05, 0) is 12.1 Å². The van der Waals surface area contributed by atoms with E-state index >= 15 is 0 Å². The molecule has 0 saturated carbocycles. The molecule has 0 unspecified atom stereocenters. The lowest BCUT2D eigenvalue weighted by molar-refractivity contribution is 0.0958.